The molecule has 1 heterocycles. The SMILES string of the molecule is COc1cc(-c2nc(O)c(C)c(O)c2OCc2ccccc2)ccc1OCc1ccccc1. The van der Waals surface area contributed by atoms with Crippen LogP contribution in [0, 0.1) is 6.92 Å². The Bertz CT molecular complexity index is 1230. The smallest absolute Gasteiger partial charge is 0.218 e. The lowest BCUT2D eigenvalue weighted by Gasteiger charge is -2.17. The van der Waals surface area contributed by atoms with Crippen molar-refractivity contribution in [2.45, 2.75) is 20.1 Å². The first-order valence-corrected chi connectivity index (χ1v) is 10.5. The van der Waals surface area contributed by atoms with Gasteiger partial charge in [0.1, 0.15) is 18.9 Å². The van der Waals surface area contributed by atoms with E-state index < -0.39 is 0 Å². The average molecular weight is 443 g/mol. The Labute approximate surface area is 192 Å². The number of rotatable bonds is 8. The summed E-state index contributed by atoms with van der Waals surface area (Å²) in [6, 6.07) is 24.8. The highest BCUT2D eigenvalue weighted by atomic mass is 16.5. The highest BCUT2D eigenvalue weighted by Gasteiger charge is 2.21. The molecule has 3 aromatic carbocycles. The molecule has 4 aromatic rings. The van der Waals surface area contributed by atoms with E-state index in [1.807, 2.05) is 60.7 Å². The average Bonchev–Trinajstić information content (AvgIpc) is 2.86. The molecule has 0 amide bonds. The van der Waals surface area contributed by atoms with E-state index in [-0.39, 0.29) is 29.5 Å². The number of aromatic nitrogens is 1. The number of nitrogens with zero attached hydrogens (tertiary/aromatic N) is 1. The molecule has 0 aliphatic heterocycles. The van der Waals surface area contributed by atoms with Gasteiger partial charge in [0.05, 0.1) is 12.7 Å². The van der Waals surface area contributed by atoms with Gasteiger partial charge < -0.3 is 24.4 Å². The lowest BCUT2D eigenvalue weighted by molar-refractivity contribution is 0.284. The summed E-state index contributed by atoms with van der Waals surface area (Å²) in [5, 5.41) is 21.0. The van der Waals surface area contributed by atoms with Gasteiger partial charge in [0.2, 0.25) is 5.88 Å². The van der Waals surface area contributed by atoms with Crippen molar-refractivity contribution in [3.8, 4) is 40.1 Å². The molecule has 2 N–H and O–H groups in total. The maximum atomic E-state index is 10.7. The molecule has 0 atom stereocenters. The van der Waals surface area contributed by atoms with Crippen LogP contribution in [-0.4, -0.2) is 22.3 Å². The molecule has 6 heteroatoms. The minimum Gasteiger partial charge on any atom is -0.504 e. The molecule has 168 valence electrons. The third-order valence-corrected chi connectivity index (χ3v) is 5.24. The van der Waals surface area contributed by atoms with Gasteiger partial charge in [-0.2, -0.15) is 0 Å². The van der Waals surface area contributed by atoms with Crippen molar-refractivity contribution in [2.75, 3.05) is 7.11 Å². The molecule has 1 aromatic heterocycles. The highest BCUT2D eigenvalue weighted by Crippen LogP contribution is 2.44. The molecule has 0 saturated heterocycles. The minimum atomic E-state index is -0.266. The number of ether oxygens (including phenoxy) is 3. The van der Waals surface area contributed by atoms with E-state index in [1.165, 1.54) is 0 Å². The van der Waals surface area contributed by atoms with Crippen LogP contribution in [0.4, 0.5) is 0 Å². The standard InChI is InChI=1S/C27H25NO5/c1-18-25(29)26(33-17-20-11-7-4-8-12-20)24(28-27(18)30)21-13-14-22(23(15-21)31-2)32-16-19-9-5-3-6-10-19/h3-15H,16-17H2,1-2H3,(H2,28,29,30). The Balaban J connectivity index is 1.65. The summed E-state index contributed by atoms with van der Waals surface area (Å²) < 4.78 is 17.4. The molecule has 0 bridgehead atoms. The third-order valence-electron chi connectivity index (χ3n) is 5.24. The monoisotopic (exact) mass is 443 g/mol. The quantitative estimate of drug-likeness (QED) is 0.367. The molecule has 0 aliphatic carbocycles. The largest absolute Gasteiger partial charge is 0.504 e. The molecule has 0 aliphatic rings. The molecule has 4 rings (SSSR count). The number of hydrogen-bond acceptors (Lipinski definition) is 6. The fourth-order valence-electron chi connectivity index (χ4n) is 3.36. The van der Waals surface area contributed by atoms with Gasteiger partial charge in [0.25, 0.3) is 0 Å². The van der Waals surface area contributed by atoms with Crippen LogP contribution < -0.4 is 14.2 Å². The fraction of sp³-hybridized carbons (Fsp3) is 0.148. The fourth-order valence-corrected chi connectivity index (χ4v) is 3.36. The third kappa shape index (κ3) is 5.01. The second-order valence-corrected chi connectivity index (χ2v) is 7.50. The molecule has 0 saturated carbocycles. The van der Waals surface area contributed by atoms with Crippen molar-refractivity contribution >= 4 is 0 Å². The summed E-state index contributed by atoms with van der Waals surface area (Å²) in [5.41, 5.74) is 3.13. The second kappa shape index (κ2) is 9.96. The van der Waals surface area contributed by atoms with Gasteiger partial charge in [-0.05, 0) is 36.2 Å². The first-order chi connectivity index (χ1) is 16.1. The zero-order chi connectivity index (χ0) is 23.2. The maximum absolute atomic E-state index is 10.7. The Morgan fingerprint density at radius 3 is 1.97 bits per heavy atom. The summed E-state index contributed by atoms with van der Waals surface area (Å²) >= 11 is 0. The van der Waals surface area contributed by atoms with Gasteiger partial charge >= 0.3 is 0 Å². The number of pyridine rings is 1. The number of benzene rings is 3. The van der Waals surface area contributed by atoms with Gasteiger partial charge in [0.15, 0.2) is 23.0 Å². The van der Waals surface area contributed by atoms with Crippen LogP contribution in [0.15, 0.2) is 78.9 Å². The minimum absolute atomic E-state index is 0.156. The van der Waals surface area contributed by atoms with Crippen LogP contribution in [0.25, 0.3) is 11.3 Å². The van der Waals surface area contributed by atoms with Crippen LogP contribution >= 0.6 is 0 Å². The predicted octanol–water partition coefficient (Wildman–Crippen LogP) is 5.63. The highest BCUT2D eigenvalue weighted by molar-refractivity contribution is 5.74. The predicted molar refractivity (Wildman–Crippen MR) is 126 cm³/mol. The van der Waals surface area contributed by atoms with Crippen LogP contribution in [-0.2, 0) is 13.2 Å². The summed E-state index contributed by atoms with van der Waals surface area (Å²) in [5.74, 6) is 0.833. The van der Waals surface area contributed by atoms with Crippen LogP contribution in [0.1, 0.15) is 16.7 Å². The van der Waals surface area contributed by atoms with Crippen LogP contribution in [0.5, 0.6) is 28.9 Å². The molecule has 0 spiro atoms. The van der Waals surface area contributed by atoms with Crippen LogP contribution in [0.3, 0.4) is 0 Å². The van der Waals surface area contributed by atoms with Crippen molar-refractivity contribution in [2.24, 2.45) is 0 Å². The Hall–Kier alpha value is -4.19. The molecule has 0 radical (unpaired) electrons. The normalized spacial score (nSPS) is 10.6. The molecule has 0 unspecified atom stereocenters. The Kier molecular flexibility index (Phi) is 6.64. The first-order valence-electron chi connectivity index (χ1n) is 10.5. The van der Waals surface area contributed by atoms with E-state index in [9.17, 15) is 10.2 Å². The van der Waals surface area contributed by atoms with Crippen molar-refractivity contribution in [1.29, 1.82) is 0 Å². The zero-order valence-electron chi connectivity index (χ0n) is 18.5. The maximum Gasteiger partial charge on any atom is 0.218 e. The molecule has 33 heavy (non-hydrogen) atoms. The van der Waals surface area contributed by atoms with E-state index in [4.69, 9.17) is 14.2 Å². The van der Waals surface area contributed by atoms with E-state index in [0.29, 0.717) is 29.4 Å². The lowest BCUT2D eigenvalue weighted by atomic mass is 10.1. The number of methoxy groups -OCH3 is 1. The topological polar surface area (TPSA) is 81.0 Å². The van der Waals surface area contributed by atoms with Gasteiger partial charge in [0, 0.05) is 5.56 Å². The Morgan fingerprint density at radius 1 is 0.758 bits per heavy atom. The van der Waals surface area contributed by atoms with Crippen molar-refractivity contribution in [3.05, 3.63) is 95.6 Å². The van der Waals surface area contributed by atoms with Crippen molar-refractivity contribution in [1.82, 2.24) is 4.98 Å². The molecule has 0 fully saturated rings. The number of hydrogen-bond donors (Lipinski definition) is 2. The Morgan fingerprint density at radius 2 is 1.36 bits per heavy atom. The number of aromatic hydroxyl groups is 2. The van der Waals surface area contributed by atoms with E-state index in [0.717, 1.165) is 11.1 Å². The van der Waals surface area contributed by atoms with E-state index in [2.05, 4.69) is 4.98 Å². The molecule has 6 nitrogen and oxygen atoms in total. The zero-order valence-corrected chi connectivity index (χ0v) is 18.5. The van der Waals surface area contributed by atoms with Gasteiger partial charge in [-0.25, -0.2) is 4.98 Å². The van der Waals surface area contributed by atoms with Gasteiger partial charge in [-0.15, -0.1) is 0 Å². The lowest BCUT2D eigenvalue weighted by Crippen LogP contribution is -2.01. The van der Waals surface area contributed by atoms with Crippen molar-refractivity contribution in [3.63, 3.8) is 0 Å². The summed E-state index contributed by atoms with van der Waals surface area (Å²) in [6.07, 6.45) is 0. The summed E-state index contributed by atoms with van der Waals surface area (Å²) in [7, 11) is 1.55. The van der Waals surface area contributed by atoms with Gasteiger partial charge in [-0.3, -0.25) is 0 Å². The first kappa shape index (κ1) is 22.0. The van der Waals surface area contributed by atoms with E-state index in [1.54, 1.807) is 32.2 Å². The molecular weight excluding hydrogens is 418 g/mol. The van der Waals surface area contributed by atoms with Gasteiger partial charge in [-0.1, -0.05) is 60.7 Å². The summed E-state index contributed by atoms with van der Waals surface area (Å²) in [4.78, 5) is 4.29. The van der Waals surface area contributed by atoms with Crippen molar-refractivity contribution < 1.29 is 24.4 Å². The second-order valence-electron chi connectivity index (χ2n) is 7.50. The van der Waals surface area contributed by atoms with E-state index >= 15 is 0 Å². The molecular formula is C27H25NO5. The van der Waals surface area contributed by atoms with Crippen LogP contribution in [0.2, 0.25) is 0 Å². The summed E-state index contributed by atoms with van der Waals surface area (Å²) in [6.45, 7) is 2.22.